The highest BCUT2D eigenvalue weighted by Crippen LogP contribution is 2.25. The van der Waals surface area contributed by atoms with Crippen molar-refractivity contribution in [2.75, 3.05) is 19.6 Å². The summed E-state index contributed by atoms with van der Waals surface area (Å²) >= 11 is 0. The van der Waals surface area contributed by atoms with Crippen molar-refractivity contribution < 1.29 is 0 Å². The Morgan fingerprint density at radius 3 is 2.57 bits per heavy atom. The molecule has 1 fully saturated rings. The third-order valence-corrected chi connectivity index (χ3v) is 3.23. The fraction of sp³-hybridized carbons (Fsp3) is 1.00. The second kappa shape index (κ2) is 4.63. The zero-order chi connectivity index (χ0) is 10.8. The Hall–Kier alpha value is -0.0800. The lowest BCUT2D eigenvalue weighted by Crippen LogP contribution is -2.49. The van der Waals surface area contributed by atoms with Crippen LogP contribution in [-0.2, 0) is 0 Å². The number of nitrogens with one attached hydrogen (secondary N) is 1. The molecule has 1 aliphatic rings. The van der Waals surface area contributed by atoms with Crippen LogP contribution >= 0.6 is 0 Å². The van der Waals surface area contributed by atoms with E-state index in [4.69, 9.17) is 0 Å². The molecule has 0 saturated carbocycles. The fourth-order valence-electron chi connectivity index (χ4n) is 2.61. The van der Waals surface area contributed by atoms with E-state index in [9.17, 15) is 0 Å². The van der Waals surface area contributed by atoms with Crippen molar-refractivity contribution in [1.29, 1.82) is 0 Å². The zero-order valence-corrected chi connectivity index (χ0v) is 10.4. The van der Waals surface area contributed by atoms with Crippen LogP contribution < -0.4 is 5.32 Å². The van der Waals surface area contributed by atoms with Crippen LogP contribution in [0.1, 0.15) is 41.0 Å². The summed E-state index contributed by atoms with van der Waals surface area (Å²) in [6.45, 7) is 15.2. The molecule has 0 aromatic rings. The molecule has 0 radical (unpaired) electrons. The van der Waals surface area contributed by atoms with Crippen LogP contribution in [0.15, 0.2) is 0 Å². The Labute approximate surface area is 89.1 Å². The van der Waals surface area contributed by atoms with E-state index in [1.54, 1.807) is 0 Å². The van der Waals surface area contributed by atoms with Crippen LogP contribution in [0.2, 0.25) is 0 Å². The van der Waals surface area contributed by atoms with Gasteiger partial charge in [0, 0.05) is 31.7 Å². The first-order chi connectivity index (χ1) is 6.42. The van der Waals surface area contributed by atoms with E-state index in [0.717, 1.165) is 13.1 Å². The molecule has 2 nitrogen and oxygen atoms in total. The molecule has 0 spiro atoms. The highest BCUT2D eigenvalue weighted by atomic mass is 15.2. The molecule has 1 aliphatic heterocycles. The SMILES string of the molecule is CC(C)N1CCNCC(C)(C)CC1C. The van der Waals surface area contributed by atoms with Gasteiger partial charge in [0.15, 0.2) is 0 Å². The number of nitrogens with zero attached hydrogens (tertiary/aromatic N) is 1. The van der Waals surface area contributed by atoms with E-state index in [-0.39, 0.29) is 0 Å². The van der Waals surface area contributed by atoms with Crippen LogP contribution in [-0.4, -0.2) is 36.6 Å². The summed E-state index contributed by atoms with van der Waals surface area (Å²) in [5.74, 6) is 0. The fourth-order valence-corrected chi connectivity index (χ4v) is 2.61. The average molecular weight is 198 g/mol. The van der Waals surface area contributed by atoms with Gasteiger partial charge in [-0.2, -0.15) is 0 Å². The minimum Gasteiger partial charge on any atom is -0.315 e. The first-order valence-electron chi connectivity index (χ1n) is 5.89. The van der Waals surface area contributed by atoms with Gasteiger partial charge in [-0.05, 0) is 32.6 Å². The van der Waals surface area contributed by atoms with Crippen molar-refractivity contribution in [3.05, 3.63) is 0 Å². The van der Waals surface area contributed by atoms with Gasteiger partial charge in [0.2, 0.25) is 0 Å². The summed E-state index contributed by atoms with van der Waals surface area (Å²) in [5, 5.41) is 3.54. The number of rotatable bonds is 1. The largest absolute Gasteiger partial charge is 0.315 e. The summed E-state index contributed by atoms with van der Waals surface area (Å²) in [7, 11) is 0. The van der Waals surface area contributed by atoms with Gasteiger partial charge in [-0.1, -0.05) is 13.8 Å². The average Bonchev–Trinajstić information content (AvgIpc) is 1.99. The number of hydrogen-bond acceptors (Lipinski definition) is 2. The highest BCUT2D eigenvalue weighted by molar-refractivity contribution is 4.83. The first-order valence-corrected chi connectivity index (χ1v) is 5.89. The van der Waals surface area contributed by atoms with Gasteiger partial charge < -0.3 is 5.32 Å². The van der Waals surface area contributed by atoms with Gasteiger partial charge in [-0.25, -0.2) is 0 Å². The second-order valence-corrected chi connectivity index (χ2v) is 5.73. The van der Waals surface area contributed by atoms with Crippen LogP contribution in [0.5, 0.6) is 0 Å². The van der Waals surface area contributed by atoms with Crippen molar-refractivity contribution in [3.8, 4) is 0 Å². The Morgan fingerprint density at radius 2 is 2.00 bits per heavy atom. The molecule has 14 heavy (non-hydrogen) atoms. The van der Waals surface area contributed by atoms with E-state index < -0.39 is 0 Å². The molecular weight excluding hydrogens is 172 g/mol. The molecule has 1 N–H and O–H groups in total. The summed E-state index contributed by atoms with van der Waals surface area (Å²) < 4.78 is 0. The monoisotopic (exact) mass is 198 g/mol. The van der Waals surface area contributed by atoms with Crippen LogP contribution in [0.3, 0.4) is 0 Å². The van der Waals surface area contributed by atoms with Crippen molar-refractivity contribution in [2.45, 2.75) is 53.1 Å². The Bertz CT molecular complexity index is 175. The molecule has 1 heterocycles. The van der Waals surface area contributed by atoms with Crippen molar-refractivity contribution in [2.24, 2.45) is 5.41 Å². The minimum atomic E-state index is 0.437. The normalized spacial score (nSPS) is 30.0. The second-order valence-electron chi connectivity index (χ2n) is 5.73. The molecule has 0 amide bonds. The maximum absolute atomic E-state index is 3.54. The molecule has 1 saturated heterocycles. The third-order valence-electron chi connectivity index (χ3n) is 3.23. The van der Waals surface area contributed by atoms with E-state index in [0.29, 0.717) is 17.5 Å². The van der Waals surface area contributed by atoms with Crippen LogP contribution in [0, 0.1) is 5.41 Å². The lowest BCUT2D eigenvalue weighted by molar-refractivity contribution is 0.104. The van der Waals surface area contributed by atoms with Crippen molar-refractivity contribution >= 4 is 0 Å². The van der Waals surface area contributed by atoms with Crippen molar-refractivity contribution in [3.63, 3.8) is 0 Å². The Kier molecular flexibility index (Phi) is 3.96. The number of hydrogen-bond donors (Lipinski definition) is 1. The standard InChI is InChI=1S/C12H26N2/c1-10(2)14-7-6-13-9-12(4,5)8-11(14)3/h10-11,13H,6-9H2,1-5H3. The molecule has 1 unspecified atom stereocenters. The van der Waals surface area contributed by atoms with Gasteiger partial charge in [-0.3, -0.25) is 4.90 Å². The van der Waals surface area contributed by atoms with Gasteiger partial charge in [0.25, 0.3) is 0 Å². The Morgan fingerprint density at radius 1 is 1.36 bits per heavy atom. The van der Waals surface area contributed by atoms with Gasteiger partial charge >= 0.3 is 0 Å². The summed E-state index contributed by atoms with van der Waals surface area (Å²) in [6.07, 6.45) is 1.29. The molecular formula is C12H26N2. The molecule has 0 aromatic carbocycles. The summed E-state index contributed by atoms with van der Waals surface area (Å²) in [6, 6.07) is 1.38. The molecule has 1 rings (SSSR count). The summed E-state index contributed by atoms with van der Waals surface area (Å²) in [5.41, 5.74) is 0.437. The van der Waals surface area contributed by atoms with Crippen LogP contribution in [0.25, 0.3) is 0 Å². The predicted octanol–water partition coefficient (Wildman–Crippen LogP) is 2.10. The predicted molar refractivity (Wildman–Crippen MR) is 62.6 cm³/mol. The molecule has 0 aromatic heterocycles. The topological polar surface area (TPSA) is 15.3 Å². The third kappa shape index (κ3) is 3.25. The van der Waals surface area contributed by atoms with E-state index in [1.807, 2.05) is 0 Å². The lowest BCUT2D eigenvalue weighted by atomic mass is 9.84. The first kappa shape index (κ1) is 12.0. The zero-order valence-electron chi connectivity index (χ0n) is 10.4. The smallest absolute Gasteiger partial charge is 0.0112 e. The molecule has 0 bridgehead atoms. The highest BCUT2D eigenvalue weighted by Gasteiger charge is 2.27. The molecule has 84 valence electrons. The van der Waals surface area contributed by atoms with E-state index in [1.165, 1.54) is 13.0 Å². The van der Waals surface area contributed by atoms with E-state index in [2.05, 4.69) is 44.8 Å². The van der Waals surface area contributed by atoms with Gasteiger partial charge in [0.1, 0.15) is 0 Å². The minimum absolute atomic E-state index is 0.437. The quantitative estimate of drug-likeness (QED) is 0.694. The van der Waals surface area contributed by atoms with Gasteiger partial charge in [-0.15, -0.1) is 0 Å². The van der Waals surface area contributed by atoms with E-state index >= 15 is 0 Å². The van der Waals surface area contributed by atoms with Crippen LogP contribution in [0.4, 0.5) is 0 Å². The van der Waals surface area contributed by atoms with Gasteiger partial charge in [0.05, 0.1) is 0 Å². The lowest BCUT2D eigenvalue weighted by Gasteiger charge is -2.40. The molecule has 0 aliphatic carbocycles. The molecule has 1 atom stereocenters. The maximum atomic E-state index is 3.54. The summed E-state index contributed by atoms with van der Waals surface area (Å²) in [4.78, 5) is 2.61. The van der Waals surface area contributed by atoms with Crippen molar-refractivity contribution in [1.82, 2.24) is 10.2 Å². The molecule has 2 heteroatoms. The maximum Gasteiger partial charge on any atom is 0.0112 e. The Balaban J connectivity index is 2.62.